The van der Waals surface area contributed by atoms with Gasteiger partial charge in [0.15, 0.2) is 0 Å². The summed E-state index contributed by atoms with van der Waals surface area (Å²) < 4.78 is 33.0. The maximum absolute atomic E-state index is 12.7. The van der Waals surface area contributed by atoms with E-state index in [0.29, 0.717) is 22.6 Å². The second kappa shape index (κ2) is 7.88. The van der Waals surface area contributed by atoms with Crippen molar-refractivity contribution in [2.24, 2.45) is 0 Å². The smallest absolute Gasteiger partial charge is 0.242 e. The first-order chi connectivity index (χ1) is 12.1. The van der Waals surface area contributed by atoms with Crippen LogP contribution in [0.4, 0.5) is 5.69 Å². The summed E-state index contributed by atoms with van der Waals surface area (Å²) in [6.07, 6.45) is 0. The first-order valence-corrected chi connectivity index (χ1v) is 9.67. The van der Waals surface area contributed by atoms with E-state index in [-0.39, 0.29) is 4.90 Å². The topological polar surface area (TPSA) is 84.5 Å². The molecule has 0 fully saturated rings. The van der Waals surface area contributed by atoms with Crippen LogP contribution >= 0.6 is 0 Å². The minimum atomic E-state index is -3.82. The van der Waals surface area contributed by atoms with Gasteiger partial charge in [-0.05, 0) is 63.1 Å². The molecule has 6 nitrogen and oxygen atoms in total. The van der Waals surface area contributed by atoms with Gasteiger partial charge < -0.3 is 10.1 Å². The molecule has 0 aliphatic rings. The van der Waals surface area contributed by atoms with Gasteiger partial charge in [-0.1, -0.05) is 17.7 Å². The molecule has 1 amide bonds. The van der Waals surface area contributed by atoms with Crippen LogP contribution < -0.4 is 14.8 Å². The Morgan fingerprint density at radius 1 is 1.04 bits per heavy atom. The molecule has 0 aliphatic heterocycles. The Balaban J connectivity index is 2.14. The molecule has 2 aromatic carbocycles. The highest BCUT2D eigenvalue weighted by Gasteiger charge is 2.25. The van der Waals surface area contributed by atoms with E-state index in [1.54, 1.807) is 45.2 Å². The first-order valence-electron chi connectivity index (χ1n) is 8.19. The molecule has 0 bridgehead atoms. The zero-order chi connectivity index (χ0) is 19.5. The standard InChI is InChI=1S/C19H24N2O4S/c1-12-10-13(2)18(14(3)11-12)26(23,24)21-15(4)19(22)20-16-6-8-17(25-5)9-7-16/h6-11,15,21H,1-5H3,(H,20,22). The van der Waals surface area contributed by atoms with E-state index in [0.717, 1.165) is 5.56 Å². The van der Waals surface area contributed by atoms with Crippen molar-refractivity contribution >= 4 is 21.6 Å². The second-order valence-electron chi connectivity index (χ2n) is 6.29. The van der Waals surface area contributed by atoms with E-state index in [4.69, 9.17) is 4.74 Å². The summed E-state index contributed by atoms with van der Waals surface area (Å²) in [4.78, 5) is 12.5. The third-order valence-electron chi connectivity index (χ3n) is 3.96. The predicted octanol–water partition coefficient (Wildman–Crippen LogP) is 2.93. The predicted molar refractivity (Wildman–Crippen MR) is 102 cm³/mol. The van der Waals surface area contributed by atoms with Crippen LogP contribution in [0.5, 0.6) is 5.75 Å². The molecular weight excluding hydrogens is 352 g/mol. The maximum atomic E-state index is 12.7. The Kier molecular flexibility index (Phi) is 6.05. The Hall–Kier alpha value is -2.38. The van der Waals surface area contributed by atoms with Crippen LogP contribution in [0.2, 0.25) is 0 Å². The number of amides is 1. The molecule has 2 aromatic rings. The van der Waals surface area contributed by atoms with E-state index in [9.17, 15) is 13.2 Å². The minimum Gasteiger partial charge on any atom is -0.497 e. The molecule has 7 heteroatoms. The molecule has 2 rings (SSSR count). The molecule has 0 heterocycles. The van der Waals surface area contributed by atoms with Crippen LogP contribution in [0.25, 0.3) is 0 Å². The van der Waals surface area contributed by atoms with Gasteiger partial charge in [0.1, 0.15) is 5.75 Å². The number of anilines is 1. The van der Waals surface area contributed by atoms with Crippen molar-refractivity contribution < 1.29 is 17.9 Å². The molecule has 0 spiro atoms. The molecular formula is C19H24N2O4S. The van der Waals surface area contributed by atoms with Crippen LogP contribution in [0.1, 0.15) is 23.6 Å². The zero-order valence-electron chi connectivity index (χ0n) is 15.6. The van der Waals surface area contributed by atoms with Crippen molar-refractivity contribution in [1.29, 1.82) is 0 Å². The molecule has 2 N–H and O–H groups in total. The van der Waals surface area contributed by atoms with Crippen LogP contribution in [0.3, 0.4) is 0 Å². The zero-order valence-corrected chi connectivity index (χ0v) is 16.4. The Morgan fingerprint density at radius 3 is 2.08 bits per heavy atom. The summed E-state index contributed by atoms with van der Waals surface area (Å²) >= 11 is 0. The van der Waals surface area contributed by atoms with E-state index >= 15 is 0 Å². The van der Waals surface area contributed by atoms with Crippen molar-refractivity contribution in [3.63, 3.8) is 0 Å². The number of rotatable bonds is 6. The lowest BCUT2D eigenvalue weighted by atomic mass is 10.1. The van der Waals surface area contributed by atoms with Gasteiger partial charge in [-0.25, -0.2) is 8.42 Å². The van der Waals surface area contributed by atoms with Crippen molar-refractivity contribution in [2.75, 3.05) is 12.4 Å². The lowest BCUT2D eigenvalue weighted by Crippen LogP contribution is -2.41. The van der Waals surface area contributed by atoms with E-state index in [1.165, 1.54) is 6.92 Å². The Labute approximate surface area is 154 Å². The van der Waals surface area contributed by atoms with Gasteiger partial charge in [0.05, 0.1) is 18.0 Å². The monoisotopic (exact) mass is 376 g/mol. The Bertz CT molecular complexity index is 883. The molecule has 1 unspecified atom stereocenters. The molecule has 140 valence electrons. The molecule has 0 radical (unpaired) electrons. The summed E-state index contributed by atoms with van der Waals surface area (Å²) in [6.45, 7) is 6.91. The number of aryl methyl sites for hydroxylation is 3. The van der Waals surface area contributed by atoms with E-state index in [1.807, 2.05) is 19.1 Å². The average Bonchev–Trinajstić information content (AvgIpc) is 2.53. The van der Waals surface area contributed by atoms with Crippen molar-refractivity contribution in [3.8, 4) is 5.75 Å². The van der Waals surface area contributed by atoms with Crippen molar-refractivity contribution in [2.45, 2.75) is 38.6 Å². The van der Waals surface area contributed by atoms with Gasteiger partial charge in [0.25, 0.3) is 0 Å². The number of sulfonamides is 1. The van der Waals surface area contributed by atoms with Crippen molar-refractivity contribution in [1.82, 2.24) is 4.72 Å². The molecule has 0 saturated carbocycles. The quantitative estimate of drug-likeness (QED) is 0.812. The third kappa shape index (κ3) is 4.62. The number of benzene rings is 2. The first kappa shape index (κ1) is 19.9. The number of carbonyl (C=O) groups is 1. The molecule has 0 saturated heterocycles. The fourth-order valence-electron chi connectivity index (χ4n) is 2.86. The molecule has 1 atom stereocenters. The van der Waals surface area contributed by atoms with Crippen LogP contribution in [-0.4, -0.2) is 27.5 Å². The lowest BCUT2D eigenvalue weighted by Gasteiger charge is -2.17. The maximum Gasteiger partial charge on any atom is 0.242 e. The largest absolute Gasteiger partial charge is 0.497 e. The number of nitrogens with one attached hydrogen (secondary N) is 2. The van der Waals surface area contributed by atoms with Crippen LogP contribution in [0.15, 0.2) is 41.3 Å². The highest BCUT2D eigenvalue weighted by Crippen LogP contribution is 2.22. The third-order valence-corrected chi connectivity index (χ3v) is 5.80. The van der Waals surface area contributed by atoms with Gasteiger partial charge in [-0.3, -0.25) is 4.79 Å². The van der Waals surface area contributed by atoms with E-state index < -0.39 is 22.0 Å². The van der Waals surface area contributed by atoms with Gasteiger partial charge >= 0.3 is 0 Å². The number of carbonyl (C=O) groups excluding carboxylic acids is 1. The molecule has 0 aromatic heterocycles. The van der Waals surface area contributed by atoms with Gasteiger partial charge in [0, 0.05) is 5.69 Å². The number of ether oxygens (including phenoxy) is 1. The average molecular weight is 376 g/mol. The summed E-state index contributed by atoms with van der Waals surface area (Å²) in [7, 11) is -2.26. The summed E-state index contributed by atoms with van der Waals surface area (Å²) in [5, 5.41) is 2.68. The SMILES string of the molecule is COc1ccc(NC(=O)C(C)NS(=O)(=O)c2c(C)cc(C)cc2C)cc1. The number of hydrogen-bond acceptors (Lipinski definition) is 4. The minimum absolute atomic E-state index is 0.215. The number of hydrogen-bond donors (Lipinski definition) is 2. The highest BCUT2D eigenvalue weighted by atomic mass is 32.2. The van der Waals surface area contributed by atoms with Crippen molar-refractivity contribution in [3.05, 3.63) is 53.1 Å². The Morgan fingerprint density at radius 2 is 1.58 bits per heavy atom. The highest BCUT2D eigenvalue weighted by molar-refractivity contribution is 7.89. The van der Waals surface area contributed by atoms with E-state index in [2.05, 4.69) is 10.0 Å². The van der Waals surface area contributed by atoms with Crippen LogP contribution in [-0.2, 0) is 14.8 Å². The molecule has 0 aliphatic carbocycles. The summed E-state index contributed by atoms with van der Waals surface area (Å²) in [5.41, 5.74) is 2.85. The summed E-state index contributed by atoms with van der Waals surface area (Å²) in [6, 6.07) is 9.49. The second-order valence-corrected chi connectivity index (χ2v) is 7.94. The van der Waals surface area contributed by atoms with Gasteiger partial charge in [-0.15, -0.1) is 0 Å². The van der Waals surface area contributed by atoms with Gasteiger partial charge in [0.2, 0.25) is 15.9 Å². The number of methoxy groups -OCH3 is 1. The molecule has 26 heavy (non-hydrogen) atoms. The fraction of sp³-hybridized carbons (Fsp3) is 0.316. The van der Waals surface area contributed by atoms with Gasteiger partial charge in [-0.2, -0.15) is 4.72 Å². The summed E-state index contributed by atoms with van der Waals surface area (Å²) in [5.74, 6) is 0.225. The fourth-order valence-corrected chi connectivity index (χ4v) is 4.52. The lowest BCUT2D eigenvalue weighted by molar-refractivity contribution is -0.117. The normalized spacial score (nSPS) is 12.5. The van der Waals surface area contributed by atoms with Crippen LogP contribution in [0, 0.1) is 20.8 Å².